The molecule has 76 valence electrons. The van der Waals surface area contributed by atoms with Crippen molar-refractivity contribution < 1.29 is 14.6 Å². The summed E-state index contributed by atoms with van der Waals surface area (Å²) in [5.41, 5.74) is 0. The molecule has 0 fully saturated rings. The number of rotatable bonds is 6. The molecular weight excluding hydrogens is 168 g/mol. The number of aliphatic hydroxyl groups excluding tert-OH is 1. The molecule has 0 saturated carbocycles. The molecule has 0 rings (SSSR count). The van der Waals surface area contributed by atoms with Gasteiger partial charge in [0.25, 0.3) is 0 Å². The summed E-state index contributed by atoms with van der Waals surface area (Å²) >= 11 is 0. The van der Waals surface area contributed by atoms with Gasteiger partial charge < -0.3 is 9.84 Å². The molecule has 0 aliphatic heterocycles. The van der Waals surface area contributed by atoms with E-state index in [9.17, 15) is 9.90 Å². The molecule has 0 aromatic heterocycles. The van der Waals surface area contributed by atoms with Gasteiger partial charge in [0.2, 0.25) is 0 Å². The van der Waals surface area contributed by atoms with Crippen molar-refractivity contribution in [3.63, 3.8) is 0 Å². The van der Waals surface area contributed by atoms with E-state index >= 15 is 0 Å². The van der Waals surface area contributed by atoms with Crippen LogP contribution in [0.3, 0.4) is 0 Å². The molecule has 3 nitrogen and oxygen atoms in total. The van der Waals surface area contributed by atoms with Crippen LogP contribution in [-0.2, 0) is 9.53 Å². The van der Waals surface area contributed by atoms with Gasteiger partial charge >= 0.3 is 5.97 Å². The van der Waals surface area contributed by atoms with Crippen LogP contribution in [0.15, 0.2) is 12.2 Å². The molecule has 0 bridgehead atoms. The van der Waals surface area contributed by atoms with Gasteiger partial charge in [-0.05, 0) is 19.8 Å². The Kier molecular flexibility index (Phi) is 7.30. The highest BCUT2D eigenvalue weighted by molar-refractivity contribution is 5.81. The Hall–Kier alpha value is -0.830. The maximum Gasteiger partial charge on any atom is 0.330 e. The zero-order valence-electron chi connectivity index (χ0n) is 8.32. The molecule has 0 aromatic carbocycles. The summed E-state index contributed by atoms with van der Waals surface area (Å²) in [6, 6.07) is 0. The quantitative estimate of drug-likeness (QED) is 0.507. The number of carbonyl (C=O) groups is 1. The molecule has 0 spiro atoms. The summed E-state index contributed by atoms with van der Waals surface area (Å²) in [4.78, 5) is 10.8. The van der Waals surface area contributed by atoms with Crippen molar-refractivity contribution in [3.05, 3.63) is 12.2 Å². The topological polar surface area (TPSA) is 46.5 Å². The second-order valence-electron chi connectivity index (χ2n) is 2.83. The van der Waals surface area contributed by atoms with Crippen LogP contribution in [0, 0.1) is 0 Å². The van der Waals surface area contributed by atoms with Crippen LogP contribution in [-0.4, -0.2) is 23.8 Å². The highest BCUT2D eigenvalue weighted by atomic mass is 16.5. The minimum Gasteiger partial charge on any atom is -0.463 e. The van der Waals surface area contributed by atoms with Crippen LogP contribution in [0.1, 0.15) is 33.1 Å². The molecule has 0 aliphatic carbocycles. The standard InChI is InChI=1S/C10H18O3/c1-3-6-9(11)7-5-8-10(12)13-4-2/h5,8-9,11H,3-4,6-7H2,1-2H3/b8-5+/t9-/m1/s1. The Labute approximate surface area is 79.4 Å². The molecule has 1 N–H and O–H groups in total. The summed E-state index contributed by atoms with van der Waals surface area (Å²) in [5.74, 6) is -0.341. The number of ether oxygens (including phenoxy) is 1. The lowest BCUT2D eigenvalue weighted by Gasteiger charge is -2.03. The summed E-state index contributed by atoms with van der Waals surface area (Å²) in [7, 11) is 0. The van der Waals surface area contributed by atoms with Crippen LogP contribution in [0.2, 0.25) is 0 Å². The van der Waals surface area contributed by atoms with Crippen molar-refractivity contribution in [2.45, 2.75) is 39.2 Å². The zero-order valence-corrected chi connectivity index (χ0v) is 8.32. The summed E-state index contributed by atoms with van der Waals surface area (Å²) in [6.45, 7) is 4.16. The van der Waals surface area contributed by atoms with Crippen molar-refractivity contribution in [1.29, 1.82) is 0 Å². The van der Waals surface area contributed by atoms with Crippen molar-refractivity contribution in [1.82, 2.24) is 0 Å². The summed E-state index contributed by atoms with van der Waals surface area (Å²) in [5, 5.41) is 9.29. The fourth-order valence-electron chi connectivity index (χ4n) is 0.963. The second-order valence-corrected chi connectivity index (χ2v) is 2.83. The van der Waals surface area contributed by atoms with E-state index in [1.807, 2.05) is 6.92 Å². The lowest BCUT2D eigenvalue weighted by molar-refractivity contribution is -0.137. The Morgan fingerprint density at radius 2 is 2.23 bits per heavy atom. The first-order valence-corrected chi connectivity index (χ1v) is 4.72. The van der Waals surface area contributed by atoms with E-state index < -0.39 is 0 Å². The van der Waals surface area contributed by atoms with Crippen LogP contribution in [0.25, 0.3) is 0 Å². The fourth-order valence-corrected chi connectivity index (χ4v) is 0.963. The molecule has 1 atom stereocenters. The van der Waals surface area contributed by atoms with Crippen molar-refractivity contribution >= 4 is 5.97 Å². The number of hydrogen-bond acceptors (Lipinski definition) is 3. The van der Waals surface area contributed by atoms with Gasteiger partial charge in [0.05, 0.1) is 12.7 Å². The van der Waals surface area contributed by atoms with Gasteiger partial charge in [-0.15, -0.1) is 0 Å². The lowest BCUT2D eigenvalue weighted by Crippen LogP contribution is -2.04. The Bertz CT molecular complexity index is 164. The smallest absolute Gasteiger partial charge is 0.330 e. The minimum atomic E-state index is -0.341. The zero-order chi connectivity index (χ0) is 10.1. The summed E-state index contributed by atoms with van der Waals surface area (Å²) in [6.07, 6.45) is 4.92. The fraction of sp³-hybridized carbons (Fsp3) is 0.700. The van der Waals surface area contributed by atoms with E-state index in [1.54, 1.807) is 13.0 Å². The molecule has 0 unspecified atom stereocenters. The molecule has 0 aromatic rings. The highest BCUT2D eigenvalue weighted by Crippen LogP contribution is 2.01. The van der Waals surface area contributed by atoms with E-state index in [1.165, 1.54) is 6.08 Å². The maximum absolute atomic E-state index is 10.8. The molecule has 0 saturated heterocycles. The number of carbonyl (C=O) groups excluding carboxylic acids is 1. The van der Waals surface area contributed by atoms with E-state index in [0.29, 0.717) is 13.0 Å². The number of esters is 1. The van der Waals surface area contributed by atoms with Crippen molar-refractivity contribution in [2.75, 3.05) is 6.61 Å². The third kappa shape index (κ3) is 7.53. The van der Waals surface area contributed by atoms with Gasteiger partial charge in [-0.2, -0.15) is 0 Å². The summed E-state index contributed by atoms with van der Waals surface area (Å²) < 4.78 is 4.68. The van der Waals surface area contributed by atoms with E-state index in [-0.39, 0.29) is 12.1 Å². The monoisotopic (exact) mass is 186 g/mol. The van der Waals surface area contributed by atoms with Gasteiger partial charge in [-0.3, -0.25) is 0 Å². The Balaban J connectivity index is 3.55. The molecule has 13 heavy (non-hydrogen) atoms. The van der Waals surface area contributed by atoms with Crippen LogP contribution >= 0.6 is 0 Å². The van der Waals surface area contributed by atoms with E-state index in [4.69, 9.17) is 0 Å². The van der Waals surface area contributed by atoms with Crippen LogP contribution < -0.4 is 0 Å². The van der Waals surface area contributed by atoms with E-state index in [0.717, 1.165) is 12.8 Å². The SMILES string of the molecule is CCC[C@@H](O)C/C=C/C(=O)OCC. The predicted molar refractivity (Wildman–Crippen MR) is 51.3 cm³/mol. The number of hydrogen-bond donors (Lipinski definition) is 1. The first kappa shape index (κ1) is 12.2. The first-order chi connectivity index (χ1) is 6.20. The molecule has 3 heteroatoms. The van der Waals surface area contributed by atoms with Crippen molar-refractivity contribution in [3.8, 4) is 0 Å². The Morgan fingerprint density at radius 3 is 2.77 bits per heavy atom. The molecule has 0 aliphatic rings. The van der Waals surface area contributed by atoms with Gasteiger partial charge in [0.15, 0.2) is 0 Å². The van der Waals surface area contributed by atoms with Crippen molar-refractivity contribution in [2.24, 2.45) is 0 Å². The third-order valence-corrected chi connectivity index (χ3v) is 1.57. The average Bonchev–Trinajstić information content (AvgIpc) is 2.05. The van der Waals surface area contributed by atoms with Gasteiger partial charge in [0, 0.05) is 6.08 Å². The molecule has 0 heterocycles. The largest absolute Gasteiger partial charge is 0.463 e. The minimum absolute atomic E-state index is 0.337. The second kappa shape index (κ2) is 7.80. The maximum atomic E-state index is 10.8. The predicted octanol–water partition coefficient (Wildman–Crippen LogP) is 1.66. The molecule has 0 amide bonds. The lowest BCUT2D eigenvalue weighted by atomic mass is 10.1. The van der Waals surface area contributed by atoms with E-state index in [2.05, 4.69) is 4.74 Å². The highest BCUT2D eigenvalue weighted by Gasteiger charge is 1.99. The average molecular weight is 186 g/mol. The Morgan fingerprint density at radius 1 is 1.54 bits per heavy atom. The number of aliphatic hydroxyl groups is 1. The molecule has 0 radical (unpaired) electrons. The van der Waals surface area contributed by atoms with Crippen LogP contribution in [0.5, 0.6) is 0 Å². The third-order valence-electron chi connectivity index (χ3n) is 1.57. The van der Waals surface area contributed by atoms with Gasteiger partial charge in [0.1, 0.15) is 0 Å². The molecular formula is C10H18O3. The van der Waals surface area contributed by atoms with Gasteiger partial charge in [-0.1, -0.05) is 19.4 Å². The van der Waals surface area contributed by atoms with Gasteiger partial charge in [-0.25, -0.2) is 4.79 Å². The normalized spacial score (nSPS) is 13.2. The first-order valence-electron chi connectivity index (χ1n) is 4.72. The van der Waals surface area contributed by atoms with Crippen LogP contribution in [0.4, 0.5) is 0 Å².